The molecule has 0 saturated carbocycles. The molecule has 6 nitrogen and oxygen atoms in total. The molecule has 0 aliphatic heterocycles. The molecule has 0 fully saturated rings. The SMILES string of the molecule is O=C(COc1ccc(Br)cc1Cl)NC(=S)NNC(=O)c1cccc(Cl)c1. The molecule has 10 heteroatoms. The van der Waals surface area contributed by atoms with Gasteiger partial charge in [0.05, 0.1) is 5.02 Å². The third-order valence-corrected chi connectivity index (χ3v) is 4.11. The molecule has 0 aliphatic rings. The highest BCUT2D eigenvalue weighted by atomic mass is 79.9. The van der Waals surface area contributed by atoms with E-state index >= 15 is 0 Å². The van der Waals surface area contributed by atoms with Crippen LogP contribution in [-0.2, 0) is 4.79 Å². The van der Waals surface area contributed by atoms with Gasteiger partial charge in [-0.1, -0.05) is 45.2 Å². The molecule has 26 heavy (non-hydrogen) atoms. The summed E-state index contributed by atoms with van der Waals surface area (Å²) in [4.78, 5) is 23.7. The number of hydrogen-bond donors (Lipinski definition) is 3. The van der Waals surface area contributed by atoms with Gasteiger partial charge in [0, 0.05) is 15.1 Å². The third-order valence-electron chi connectivity index (χ3n) is 2.88. The quantitative estimate of drug-likeness (QED) is 0.465. The minimum Gasteiger partial charge on any atom is -0.482 e. The van der Waals surface area contributed by atoms with Gasteiger partial charge in [-0.15, -0.1) is 0 Å². The Hall–Kier alpha value is -1.87. The molecule has 2 aromatic carbocycles. The van der Waals surface area contributed by atoms with Crippen LogP contribution in [0.2, 0.25) is 10.0 Å². The Morgan fingerprint density at radius 1 is 1.12 bits per heavy atom. The van der Waals surface area contributed by atoms with E-state index in [0.717, 1.165) is 4.47 Å². The van der Waals surface area contributed by atoms with E-state index in [4.69, 9.17) is 40.2 Å². The molecule has 2 aromatic rings. The summed E-state index contributed by atoms with van der Waals surface area (Å²) in [6, 6.07) is 11.4. The molecule has 0 atom stereocenters. The first-order valence-electron chi connectivity index (χ1n) is 7.09. The summed E-state index contributed by atoms with van der Waals surface area (Å²) in [5.74, 6) is -0.612. The molecular weight excluding hydrogens is 465 g/mol. The third kappa shape index (κ3) is 6.45. The normalized spacial score (nSPS) is 9.96. The fourth-order valence-electron chi connectivity index (χ4n) is 1.74. The predicted molar refractivity (Wildman–Crippen MR) is 107 cm³/mol. The summed E-state index contributed by atoms with van der Waals surface area (Å²) in [7, 11) is 0. The largest absolute Gasteiger partial charge is 0.482 e. The van der Waals surface area contributed by atoms with Crippen molar-refractivity contribution in [2.75, 3.05) is 6.61 Å². The Kier molecular flexibility index (Phi) is 7.65. The van der Waals surface area contributed by atoms with Gasteiger partial charge in [0.2, 0.25) is 0 Å². The Morgan fingerprint density at radius 2 is 1.88 bits per heavy atom. The molecule has 2 rings (SSSR count). The molecule has 0 spiro atoms. The lowest BCUT2D eigenvalue weighted by Crippen LogP contribution is -2.49. The number of rotatable bonds is 4. The second-order valence-corrected chi connectivity index (χ2v) is 7.00. The predicted octanol–water partition coefficient (Wildman–Crippen LogP) is 3.47. The number of benzene rings is 2. The minimum atomic E-state index is -0.515. The lowest BCUT2D eigenvalue weighted by Gasteiger charge is -2.12. The Balaban J connectivity index is 1.76. The number of hydrazine groups is 1. The van der Waals surface area contributed by atoms with Crippen molar-refractivity contribution in [2.24, 2.45) is 0 Å². The van der Waals surface area contributed by atoms with E-state index in [1.807, 2.05) is 0 Å². The number of hydrogen-bond acceptors (Lipinski definition) is 4. The molecule has 2 amide bonds. The standard InChI is InChI=1S/C16H12BrCl2N3O3S/c17-10-4-5-13(12(19)7-10)25-8-14(23)20-16(26)22-21-15(24)9-2-1-3-11(18)6-9/h1-7H,8H2,(H,21,24)(H2,20,22,23,26). The van der Waals surface area contributed by atoms with E-state index in [1.54, 1.807) is 36.4 Å². The summed E-state index contributed by atoms with van der Waals surface area (Å²) in [5.41, 5.74) is 5.11. The molecule has 0 bridgehead atoms. The van der Waals surface area contributed by atoms with Gasteiger partial charge in [0.1, 0.15) is 5.75 Å². The fraction of sp³-hybridized carbons (Fsp3) is 0.0625. The van der Waals surface area contributed by atoms with Crippen molar-refractivity contribution in [3.63, 3.8) is 0 Å². The Morgan fingerprint density at radius 3 is 2.58 bits per heavy atom. The molecule has 136 valence electrons. The first-order chi connectivity index (χ1) is 12.3. The molecule has 0 aromatic heterocycles. The zero-order valence-corrected chi connectivity index (χ0v) is 16.9. The molecular formula is C16H12BrCl2N3O3S. The van der Waals surface area contributed by atoms with Gasteiger partial charge in [-0.2, -0.15) is 0 Å². The molecule has 3 N–H and O–H groups in total. The van der Waals surface area contributed by atoms with Gasteiger partial charge in [-0.05, 0) is 48.6 Å². The van der Waals surface area contributed by atoms with Gasteiger partial charge >= 0.3 is 0 Å². The number of carbonyl (C=O) groups is 2. The number of halogens is 3. The van der Waals surface area contributed by atoms with Crippen LogP contribution in [0.1, 0.15) is 10.4 Å². The van der Waals surface area contributed by atoms with E-state index < -0.39 is 11.8 Å². The summed E-state index contributed by atoms with van der Waals surface area (Å²) >= 11 is 20.0. The van der Waals surface area contributed by atoms with Crippen molar-refractivity contribution >= 4 is 68.3 Å². The van der Waals surface area contributed by atoms with Crippen LogP contribution in [0.15, 0.2) is 46.9 Å². The molecule has 0 aliphatic carbocycles. The van der Waals surface area contributed by atoms with E-state index in [-0.39, 0.29) is 11.7 Å². The van der Waals surface area contributed by atoms with Crippen LogP contribution in [0.3, 0.4) is 0 Å². The lowest BCUT2D eigenvalue weighted by molar-refractivity contribution is -0.121. The average molecular weight is 477 g/mol. The number of ether oxygens (including phenoxy) is 1. The highest BCUT2D eigenvalue weighted by Crippen LogP contribution is 2.27. The van der Waals surface area contributed by atoms with Crippen LogP contribution in [0, 0.1) is 0 Å². The maximum atomic E-state index is 11.9. The highest BCUT2D eigenvalue weighted by molar-refractivity contribution is 9.10. The number of nitrogens with one attached hydrogen (secondary N) is 3. The maximum Gasteiger partial charge on any atom is 0.269 e. The van der Waals surface area contributed by atoms with E-state index in [1.165, 1.54) is 6.07 Å². The van der Waals surface area contributed by atoms with Crippen LogP contribution >= 0.6 is 51.3 Å². The summed E-state index contributed by atoms with van der Waals surface area (Å²) in [6.45, 7) is -0.300. The maximum absolute atomic E-state index is 11.9. The van der Waals surface area contributed by atoms with Crippen molar-refractivity contribution in [1.82, 2.24) is 16.2 Å². The van der Waals surface area contributed by atoms with E-state index in [0.29, 0.717) is 21.4 Å². The fourth-order valence-corrected chi connectivity index (χ4v) is 2.83. The van der Waals surface area contributed by atoms with Crippen molar-refractivity contribution in [1.29, 1.82) is 0 Å². The molecule has 0 heterocycles. The summed E-state index contributed by atoms with van der Waals surface area (Å²) in [6.07, 6.45) is 0. The Labute approximate surface area is 173 Å². The second-order valence-electron chi connectivity index (χ2n) is 4.83. The highest BCUT2D eigenvalue weighted by Gasteiger charge is 2.10. The van der Waals surface area contributed by atoms with Gasteiger partial charge in [-0.3, -0.25) is 25.8 Å². The van der Waals surface area contributed by atoms with Crippen molar-refractivity contribution in [2.45, 2.75) is 0 Å². The van der Waals surface area contributed by atoms with Crippen LogP contribution in [0.25, 0.3) is 0 Å². The summed E-state index contributed by atoms with van der Waals surface area (Å²) < 4.78 is 6.10. The van der Waals surface area contributed by atoms with Gasteiger partial charge in [0.25, 0.3) is 11.8 Å². The first kappa shape index (κ1) is 20.4. The average Bonchev–Trinajstić information content (AvgIpc) is 2.59. The monoisotopic (exact) mass is 475 g/mol. The van der Waals surface area contributed by atoms with E-state index in [9.17, 15) is 9.59 Å². The minimum absolute atomic E-state index is 0.0871. The first-order valence-corrected chi connectivity index (χ1v) is 9.04. The molecule has 0 saturated heterocycles. The zero-order chi connectivity index (χ0) is 19.1. The van der Waals surface area contributed by atoms with Gasteiger partial charge in [0.15, 0.2) is 11.7 Å². The zero-order valence-electron chi connectivity index (χ0n) is 13.0. The smallest absolute Gasteiger partial charge is 0.269 e. The van der Waals surface area contributed by atoms with Crippen LogP contribution in [-0.4, -0.2) is 23.5 Å². The van der Waals surface area contributed by atoms with Gasteiger partial charge < -0.3 is 4.74 Å². The number of amides is 2. The topological polar surface area (TPSA) is 79.5 Å². The number of thiocarbonyl (C=S) groups is 1. The van der Waals surface area contributed by atoms with Gasteiger partial charge in [-0.25, -0.2) is 0 Å². The lowest BCUT2D eigenvalue weighted by atomic mass is 10.2. The summed E-state index contributed by atoms with van der Waals surface area (Å²) in [5, 5.41) is 3.07. The van der Waals surface area contributed by atoms with Crippen molar-refractivity contribution in [3.8, 4) is 5.75 Å². The molecule has 0 unspecified atom stereocenters. The van der Waals surface area contributed by atoms with Crippen LogP contribution in [0.4, 0.5) is 0 Å². The Bertz CT molecular complexity index is 851. The van der Waals surface area contributed by atoms with Crippen LogP contribution in [0.5, 0.6) is 5.75 Å². The number of carbonyl (C=O) groups excluding carboxylic acids is 2. The van der Waals surface area contributed by atoms with Crippen molar-refractivity contribution in [3.05, 3.63) is 62.5 Å². The van der Waals surface area contributed by atoms with Crippen molar-refractivity contribution < 1.29 is 14.3 Å². The van der Waals surface area contributed by atoms with E-state index in [2.05, 4.69) is 32.1 Å². The molecule has 0 radical (unpaired) electrons. The second kappa shape index (κ2) is 9.72. The van der Waals surface area contributed by atoms with Crippen LogP contribution < -0.4 is 20.9 Å².